The minimum absolute atomic E-state index is 1.02. The molecule has 0 amide bonds. The maximum atomic E-state index is 4.48. The predicted octanol–water partition coefficient (Wildman–Crippen LogP) is 13.8. The number of rotatable bonds is 6. The number of aryl methyl sites for hydroxylation is 1. The summed E-state index contributed by atoms with van der Waals surface area (Å²) in [5.74, 6) is 0. The number of hydrogen-bond donors (Lipinski definition) is 0. The summed E-state index contributed by atoms with van der Waals surface area (Å²) in [6.45, 7) is 2.13. The predicted molar refractivity (Wildman–Crippen MR) is 219 cm³/mol. The summed E-state index contributed by atoms with van der Waals surface area (Å²) in [4.78, 5) is 6.77. The first-order valence-electron chi connectivity index (χ1n) is 17.9. The van der Waals surface area contributed by atoms with Crippen LogP contribution in [0.2, 0.25) is 0 Å². The zero-order chi connectivity index (χ0) is 34.6. The second-order valence-electron chi connectivity index (χ2n) is 13.6. The number of aromatic nitrogens is 1. The minimum Gasteiger partial charge on any atom is -0.309 e. The Morgan fingerprint density at radius 2 is 0.942 bits per heavy atom. The number of hydrogen-bond acceptors (Lipinski definition) is 2. The van der Waals surface area contributed by atoms with E-state index in [1.165, 1.54) is 82.7 Å². The number of anilines is 3. The van der Waals surface area contributed by atoms with Gasteiger partial charge in [-0.2, -0.15) is 0 Å². The molecule has 0 fully saturated rings. The third-order valence-electron chi connectivity index (χ3n) is 10.5. The second-order valence-corrected chi connectivity index (χ2v) is 13.6. The van der Waals surface area contributed by atoms with Crippen LogP contribution >= 0.6 is 0 Å². The topological polar surface area (TPSA) is 16.1 Å². The highest BCUT2D eigenvalue weighted by Gasteiger charge is 2.31. The minimum atomic E-state index is 1.02. The van der Waals surface area contributed by atoms with Gasteiger partial charge in [0.05, 0.1) is 11.9 Å². The summed E-state index contributed by atoms with van der Waals surface area (Å²) in [5, 5.41) is 5.12. The van der Waals surface area contributed by atoms with Crippen LogP contribution in [-0.4, -0.2) is 4.98 Å². The van der Waals surface area contributed by atoms with Crippen molar-refractivity contribution in [3.05, 3.63) is 194 Å². The summed E-state index contributed by atoms with van der Waals surface area (Å²) in [5.41, 5.74) is 17.1. The fourth-order valence-electron chi connectivity index (χ4n) is 8.30. The van der Waals surface area contributed by atoms with Gasteiger partial charge in [-0.15, -0.1) is 0 Å². The van der Waals surface area contributed by atoms with E-state index in [0.29, 0.717) is 0 Å². The molecule has 2 heteroatoms. The lowest BCUT2D eigenvalue weighted by Gasteiger charge is -2.25. The Bertz CT molecular complexity index is 2680. The van der Waals surface area contributed by atoms with E-state index in [2.05, 4.69) is 187 Å². The van der Waals surface area contributed by atoms with Crippen LogP contribution in [0.4, 0.5) is 17.1 Å². The van der Waals surface area contributed by atoms with Crippen molar-refractivity contribution < 1.29 is 0 Å². The molecular formula is C50H34N2. The van der Waals surface area contributed by atoms with Crippen molar-refractivity contribution in [3.63, 3.8) is 0 Å². The molecule has 8 aromatic carbocycles. The Morgan fingerprint density at radius 3 is 1.60 bits per heavy atom. The smallest absolute Gasteiger partial charge is 0.0644 e. The molecule has 0 bridgehead atoms. The van der Waals surface area contributed by atoms with Crippen molar-refractivity contribution in [2.75, 3.05) is 4.90 Å². The van der Waals surface area contributed by atoms with E-state index in [-0.39, 0.29) is 0 Å². The van der Waals surface area contributed by atoms with E-state index in [9.17, 15) is 0 Å². The molecule has 0 unspecified atom stereocenters. The molecule has 0 aliphatic heterocycles. The van der Waals surface area contributed by atoms with Crippen LogP contribution in [0.1, 0.15) is 5.56 Å². The van der Waals surface area contributed by atoms with E-state index in [1.807, 2.05) is 18.5 Å². The zero-order valence-electron chi connectivity index (χ0n) is 28.8. The molecule has 9 aromatic rings. The summed E-state index contributed by atoms with van der Waals surface area (Å²) < 4.78 is 0. The van der Waals surface area contributed by atoms with Crippen LogP contribution in [0.5, 0.6) is 0 Å². The van der Waals surface area contributed by atoms with Crippen LogP contribution in [0.25, 0.3) is 77.2 Å². The number of pyridine rings is 1. The molecule has 0 radical (unpaired) electrons. The van der Waals surface area contributed by atoms with Gasteiger partial charge in [0.1, 0.15) is 0 Å². The lowest BCUT2D eigenvalue weighted by Crippen LogP contribution is -2.10. The normalized spacial score (nSPS) is 11.6. The highest BCUT2D eigenvalue weighted by Crippen LogP contribution is 2.58. The first-order chi connectivity index (χ1) is 25.7. The highest BCUT2D eigenvalue weighted by atomic mass is 15.1. The van der Waals surface area contributed by atoms with E-state index >= 15 is 0 Å². The second kappa shape index (κ2) is 12.2. The van der Waals surface area contributed by atoms with Crippen molar-refractivity contribution in [3.8, 4) is 55.6 Å². The third-order valence-corrected chi connectivity index (χ3v) is 10.5. The average Bonchev–Trinajstić information content (AvgIpc) is 3.54. The van der Waals surface area contributed by atoms with Crippen LogP contribution in [0.15, 0.2) is 188 Å². The summed E-state index contributed by atoms with van der Waals surface area (Å²) in [7, 11) is 0. The van der Waals surface area contributed by atoms with E-state index in [1.54, 1.807) is 0 Å². The molecule has 1 aromatic heterocycles. The van der Waals surface area contributed by atoms with Gasteiger partial charge in [0.15, 0.2) is 0 Å². The Labute approximate surface area is 303 Å². The fourth-order valence-corrected chi connectivity index (χ4v) is 8.30. The molecule has 244 valence electrons. The molecule has 0 saturated heterocycles. The van der Waals surface area contributed by atoms with Crippen LogP contribution in [-0.2, 0) is 0 Å². The molecule has 2 nitrogen and oxygen atoms in total. The van der Waals surface area contributed by atoms with E-state index in [0.717, 1.165) is 17.1 Å². The zero-order valence-corrected chi connectivity index (χ0v) is 28.8. The lowest BCUT2D eigenvalue weighted by molar-refractivity contribution is 1.23. The van der Waals surface area contributed by atoms with Gasteiger partial charge < -0.3 is 4.90 Å². The monoisotopic (exact) mass is 662 g/mol. The van der Waals surface area contributed by atoms with Gasteiger partial charge in [0.25, 0.3) is 0 Å². The summed E-state index contributed by atoms with van der Waals surface area (Å²) in [6.07, 6.45) is 3.76. The number of nitrogens with zero attached hydrogens (tertiary/aromatic N) is 2. The van der Waals surface area contributed by atoms with Crippen LogP contribution in [0, 0.1) is 6.92 Å². The van der Waals surface area contributed by atoms with Crippen molar-refractivity contribution in [1.29, 1.82) is 0 Å². The van der Waals surface area contributed by atoms with Gasteiger partial charge in [-0.3, -0.25) is 4.98 Å². The van der Waals surface area contributed by atoms with E-state index in [4.69, 9.17) is 0 Å². The molecule has 52 heavy (non-hydrogen) atoms. The Kier molecular flexibility index (Phi) is 7.07. The van der Waals surface area contributed by atoms with Gasteiger partial charge >= 0.3 is 0 Å². The summed E-state index contributed by atoms with van der Waals surface area (Å²) >= 11 is 0. The lowest BCUT2D eigenvalue weighted by atomic mass is 9.82. The maximum Gasteiger partial charge on any atom is 0.0644 e. The van der Waals surface area contributed by atoms with E-state index < -0.39 is 0 Å². The van der Waals surface area contributed by atoms with Gasteiger partial charge in [0, 0.05) is 17.6 Å². The average molecular weight is 663 g/mol. The fraction of sp³-hybridized carbons (Fsp3) is 0.0200. The SMILES string of the molecule is Cc1ccc(N(c2cccnc2)c2cccc(-c3ccc4c5c(cccc35)-c3c-4c(-c4ccccc4)c4ccccc4c3-c3ccccc3)c2)cc1. The number of fused-ring (bicyclic) bond motifs is 4. The first kappa shape index (κ1) is 30.1. The van der Waals surface area contributed by atoms with Gasteiger partial charge in [0.2, 0.25) is 0 Å². The Morgan fingerprint density at radius 1 is 0.385 bits per heavy atom. The van der Waals surface area contributed by atoms with Crippen molar-refractivity contribution in [1.82, 2.24) is 4.98 Å². The molecule has 0 saturated carbocycles. The largest absolute Gasteiger partial charge is 0.309 e. The van der Waals surface area contributed by atoms with Crippen molar-refractivity contribution in [2.45, 2.75) is 6.92 Å². The molecule has 1 heterocycles. The third kappa shape index (κ3) is 4.76. The van der Waals surface area contributed by atoms with Crippen molar-refractivity contribution in [2.24, 2.45) is 0 Å². The standard InChI is InChI=1S/C50H34N2/c1-33-24-26-37(27-25-33)52(39-19-12-30-51-32-39)38-18-10-17-36(31-38)40-28-29-45-48-41(40)22-11-23-44(48)49-46(34-13-4-2-5-14-34)42-20-8-9-21-43(42)47(50(45)49)35-15-6-3-7-16-35/h2-32H,1H3. The Balaban J connectivity index is 1.23. The molecule has 10 rings (SSSR count). The molecular weight excluding hydrogens is 629 g/mol. The molecule has 0 atom stereocenters. The van der Waals surface area contributed by atoms with Crippen molar-refractivity contribution >= 4 is 38.6 Å². The van der Waals surface area contributed by atoms with Crippen LogP contribution < -0.4 is 4.90 Å². The summed E-state index contributed by atoms with van der Waals surface area (Å²) in [6, 6.07) is 64.1. The first-order valence-corrected chi connectivity index (χ1v) is 17.9. The van der Waals surface area contributed by atoms with Gasteiger partial charge in [-0.1, -0.05) is 145 Å². The highest BCUT2D eigenvalue weighted by molar-refractivity contribution is 6.28. The molecule has 1 aliphatic carbocycles. The molecule has 0 N–H and O–H groups in total. The van der Waals surface area contributed by atoms with Crippen LogP contribution in [0.3, 0.4) is 0 Å². The van der Waals surface area contributed by atoms with Gasteiger partial charge in [-0.25, -0.2) is 0 Å². The molecule has 1 aliphatic rings. The Hall–Kier alpha value is -6.77. The van der Waals surface area contributed by atoms with Gasteiger partial charge in [-0.05, 0) is 121 Å². The quantitative estimate of drug-likeness (QED) is 0.176. The maximum absolute atomic E-state index is 4.48. The molecule has 0 spiro atoms. The number of benzene rings is 8.